The number of benzene rings is 1. The van der Waals surface area contributed by atoms with Crippen LogP contribution in [0, 0.1) is 0 Å². The predicted molar refractivity (Wildman–Crippen MR) is 87.2 cm³/mol. The average Bonchev–Trinajstić information content (AvgIpc) is 2.92. The van der Waals surface area contributed by atoms with Crippen molar-refractivity contribution in [2.24, 2.45) is 0 Å². The summed E-state index contributed by atoms with van der Waals surface area (Å²) in [6.45, 7) is 5.91. The number of nitrogens with zero attached hydrogens (tertiary/aromatic N) is 1. The van der Waals surface area contributed by atoms with Crippen molar-refractivity contribution in [3.8, 4) is 16.3 Å². The van der Waals surface area contributed by atoms with Crippen LogP contribution in [0.15, 0.2) is 30.5 Å². The van der Waals surface area contributed by atoms with E-state index in [1.165, 1.54) is 11.3 Å². The van der Waals surface area contributed by atoms with Gasteiger partial charge in [0.25, 0.3) is 0 Å². The SMILES string of the molecule is COc1ccc(-c2ncc(CNC(=O)OC(C)(C)C)s2)cc1. The smallest absolute Gasteiger partial charge is 0.407 e. The summed E-state index contributed by atoms with van der Waals surface area (Å²) in [6.07, 6.45) is 1.34. The molecule has 22 heavy (non-hydrogen) atoms. The van der Waals surface area contributed by atoms with Crippen LogP contribution >= 0.6 is 11.3 Å². The van der Waals surface area contributed by atoms with Crippen molar-refractivity contribution < 1.29 is 14.3 Å². The lowest BCUT2D eigenvalue weighted by atomic mass is 10.2. The first-order chi connectivity index (χ1) is 10.4. The summed E-state index contributed by atoms with van der Waals surface area (Å²) in [5.41, 5.74) is 0.529. The van der Waals surface area contributed by atoms with Crippen molar-refractivity contribution in [2.45, 2.75) is 32.9 Å². The molecule has 0 aliphatic rings. The van der Waals surface area contributed by atoms with Crippen molar-refractivity contribution in [3.63, 3.8) is 0 Å². The first-order valence-electron chi connectivity index (χ1n) is 6.93. The van der Waals surface area contributed by atoms with E-state index in [4.69, 9.17) is 9.47 Å². The maximum atomic E-state index is 11.6. The van der Waals surface area contributed by atoms with Crippen LogP contribution in [0.5, 0.6) is 5.75 Å². The maximum Gasteiger partial charge on any atom is 0.407 e. The lowest BCUT2D eigenvalue weighted by Gasteiger charge is -2.19. The quantitative estimate of drug-likeness (QED) is 0.929. The number of alkyl carbamates (subject to hydrolysis) is 1. The zero-order valence-electron chi connectivity index (χ0n) is 13.2. The topological polar surface area (TPSA) is 60.5 Å². The van der Waals surface area contributed by atoms with E-state index in [0.29, 0.717) is 6.54 Å². The molecular formula is C16H20N2O3S. The fraction of sp³-hybridized carbons (Fsp3) is 0.375. The third-order valence-electron chi connectivity index (χ3n) is 2.70. The highest BCUT2D eigenvalue weighted by Crippen LogP contribution is 2.26. The van der Waals surface area contributed by atoms with Crippen LogP contribution < -0.4 is 10.1 Å². The summed E-state index contributed by atoms with van der Waals surface area (Å²) < 4.78 is 10.3. The minimum absolute atomic E-state index is 0.405. The number of thiazole rings is 1. The largest absolute Gasteiger partial charge is 0.497 e. The normalized spacial score (nSPS) is 11.1. The van der Waals surface area contributed by atoms with E-state index in [2.05, 4.69) is 10.3 Å². The predicted octanol–water partition coefficient (Wildman–Crippen LogP) is 3.84. The van der Waals surface area contributed by atoms with Crippen LogP contribution in [-0.4, -0.2) is 23.8 Å². The minimum Gasteiger partial charge on any atom is -0.497 e. The zero-order chi connectivity index (χ0) is 16.2. The Labute approximate surface area is 134 Å². The molecule has 1 aromatic carbocycles. The van der Waals surface area contributed by atoms with Crippen LogP contribution in [-0.2, 0) is 11.3 Å². The van der Waals surface area contributed by atoms with Crippen LogP contribution in [0.2, 0.25) is 0 Å². The van der Waals surface area contributed by atoms with Crippen LogP contribution in [0.1, 0.15) is 25.6 Å². The van der Waals surface area contributed by atoms with E-state index in [-0.39, 0.29) is 0 Å². The molecule has 0 radical (unpaired) electrons. The molecule has 0 saturated heterocycles. The maximum absolute atomic E-state index is 11.6. The third kappa shape index (κ3) is 4.73. The lowest BCUT2D eigenvalue weighted by Crippen LogP contribution is -2.31. The molecule has 1 amide bonds. The van der Waals surface area contributed by atoms with Crippen LogP contribution in [0.4, 0.5) is 4.79 Å². The van der Waals surface area contributed by atoms with E-state index < -0.39 is 11.7 Å². The van der Waals surface area contributed by atoms with Gasteiger partial charge in [0.05, 0.1) is 13.7 Å². The number of carbonyl (C=O) groups is 1. The summed E-state index contributed by atoms with van der Waals surface area (Å²) in [5, 5.41) is 3.63. The van der Waals surface area contributed by atoms with Crippen molar-refractivity contribution in [3.05, 3.63) is 35.3 Å². The van der Waals surface area contributed by atoms with Crippen molar-refractivity contribution in [1.29, 1.82) is 0 Å². The molecule has 0 atom stereocenters. The van der Waals surface area contributed by atoms with Gasteiger partial charge in [0.1, 0.15) is 16.4 Å². The molecule has 0 aliphatic heterocycles. The summed E-state index contributed by atoms with van der Waals surface area (Å²) in [7, 11) is 1.64. The number of hydrogen-bond donors (Lipinski definition) is 1. The van der Waals surface area contributed by atoms with Gasteiger partial charge in [-0.1, -0.05) is 0 Å². The Morgan fingerprint density at radius 1 is 1.27 bits per heavy atom. The minimum atomic E-state index is -0.494. The Balaban J connectivity index is 1.95. The number of methoxy groups -OCH3 is 1. The highest BCUT2D eigenvalue weighted by molar-refractivity contribution is 7.15. The Kier molecular flexibility index (Phi) is 5.03. The highest BCUT2D eigenvalue weighted by atomic mass is 32.1. The fourth-order valence-corrected chi connectivity index (χ4v) is 2.59. The molecule has 1 aromatic heterocycles. The van der Waals surface area contributed by atoms with E-state index in [1.54, 1.807) is 13.3 Å². The van der Waals surface area contributed by atoms with Gasteiger partial charge in [-0.25, -0.2) is 9.78 Å². The Bertz CT molecular complexity index is 630. The van der Waals surface area contributed by atoms with Gasteiger partial charge in [0.2, 0.25) is 0 Å². The number of carbonyl (C=O) groups excluding carboxylic acids is 1. The lowest BCUT2D eigenvalue weighted by molar-refractivity contribution is 0.0524. The number of amides is 1. The van der Waals surface area contributed by atoms with Gasteiger partial charge in [-0.2, -0.15) is 0 Å². The molecule has 5 nitrogen and oxygen atoms in total. The van der Waals surface area contributed by atoms with Crippen molar-refractivity contribution >= 4 is 17.4 Å². The monoisotopic (exact) mass is 320 g/mol. The molecule has 1 N–H and O–H groups in total. The number of rotatable bonds is 4. The molecule has 6 heteroatoms. The molecule has 1 heterocycles. The molecule has 0 spiro atoms. The number of nitrogens with one attached hydrogen (secondary N) is 1. The molecule has 0 saturated carbocycles. The van der Waals surface area contributed by atoms with Gasteiger partial charge >= 0.3 is 6.09 Å². The van der Waals surface area contributed by atoms with E-state index >= 15 is 0 Å². The fourth-order valence-electron chi connectivity index (χ4n) is 1.73. The molecule has 118 valence electrons. The van der Waals surface area contributed by atoms with Crippen molar-refractivity contribution in [2.75, 3.05) is 7.11 Å². The molecule has 0 aliphatic carbocycles. The standard InChI is InChI=1S/C16H20N2O3S/c1-16(2,3)21-15(19)18-10-13-9-17-14(22-13)11-5-7-12(20-4)8-6-11/h5-9H,10H2,1-4H3,(H,18,19). The molecule has 0 fully saturated rings. The van der Waals surface area contributed by atoms with Crippen molar-refractivity contribution in [1.82, 2.24) is 10.3 Å². The van der Waals surface area contributed by atoms with E-state index in [0.717, 1.165) is 21.2 Å². The first kappa shape index (κ1) is 16.3. The Morgan fingerprint density at radius 3 is 2.55 bits per heavy atom. The number of aromatic nitrogens is 1. The van der Waals surface area contributed by atoms with Gasteiger partial charge in [-0.3, -0.25) is 0 Å². The number of ether oxygens (including phenoxy) is 2. The molecule has 0 bridgehead atoms. The van der Waals surface area contributed by atoms with Gasteiger partial charge in [0, 0.05) is 16.6 Å². The second-order valence-electron chi connectivity index (χ2n) is 5.72. The van der Waals surface area contributed by atoms with Gasteiger partial charge in [-0.15, -0.1) is 11.3 Å². The zero-order valence-corrected chi connectivity index (χ0v) is 14.0. The second-order valence-corrected chi connectivity index (χ2v) is 6.83. The Hall–Kier alpha value is -2.08. The molecular weight excluding hydrogens is 300 g/mol. The third-order valence-corrected chi connectivity index (χ3v) is 3.74. The van der Waals surface area contributed by atoms with Crippen LogP contribution in [0.25, 0.3) is 10.6 Å². The molecule has 2 rings (SSSR count). The summed E-state index contributed by atoms with van der Waals surface area (Å²) >= 11 is 1.54. The summed E-state index contributed by atoms with van der Waals surface area (Å²) in [5.74, 6) is 0.812. The highest BCUT2D eigenvalue weighted by Gasteiger charge is 2.16. The van der Waals surface area contributed by atoms with Crippen LogP contribution in [0.3, 0.4) is 0 Å². The van der Waals surface area contributed by atoms with E-state index in [9.17, 15) is 4.79 Å². The average molecular weight is 320 g/mol. The first-order valence-corrected chi connectivity index (χ1v) is 7.75. The second kappa shape index (κ2) is 6.79. The van der Waals surface area contributed by atoms with Gasteiger partial charge in [0.15, 0.2) is 0 Å². The molecule has 0 unspecified atom stereocenters. The van der Waals surface area contributed by atoms with E-state index in [1.807, 2.05) is 45.0 Å². The Morgan fingerprint density at radius 2 is 1.95 bits per heavy atom. The molecule has 2 aromatic rings. The summed E-state index contributed by atoms with van der Waals surface area (Å²) in [6, 6.07) is 7.72. The number of hydrogen-bond acceptors (Lipinski definition) is 5. The van der Waals surface area contributed by atoms with Gasteiger partial charge < -0.3 is 14.8 Å². The summed E-state index contributed by atoms with van der Waals surface area (Å²) in [4.78, 5) is 17.0. The van der Waals surface area contributed by atoms with Gasteiger partial charge in [-0.05, 0) is 45.0 Å².